The molecule has 1 heterocycles. The van der Waals surface area contributed by atoms with Gasteiger partial charge in [0.1, 0.15) is 0 Å². The molecule has 2 rings (SSSR count). The Balaban J connectivity index is 0.00000200. The summed E-state index contributed by atoms with van der Waals surface area (Å²) in [6.07, 6.45) is 7.13. The van der Waals surface area contributed by atoms with E-state index >= 15 is 0 Å². The minimum Gasteiger partial charge on any atom is -0.381 e. The van der Waals surface area contributed by atoms with Crippen molar-refractivity contribution in [2.75, 3.05) is 33.9 Å². The number of nitrogens with zero attached hydrogens (tertiary/aromatic N) is 2. The van der Waals surface area contributed by atoms with Gasteiger partial charge in [0.2, 0.25) is 0 Å². The van der Waals surface area contributed by atoms with Crippen LogP contribution in [0.25, 0.3) is 0 Å². The average Bonchev–Trinajstić information content (AvgIpc) is 2.90. The quantitative estimate of drug-likeness (QED) is 0.430. The van der Waals surface area contributed by atoms with Crippen LogP contribution < -0.4 is 11.1 Å². The highest BCUT2D eigenvalue weighted by atomic mass is 127. The highest BCUT2D eigenvalue weighted by molar-refractivity contribution is 14.0. The topological polar surface area (TPSA) is 62.9 Å². The zero-order chi connectivity index (χ0) is 13.7. The molecule has 0 amide bonds. The summed E-state index contributed by atoms with van der Waals surface area (Å²) in [6.45, 7) is 2.40. The Morgan fingerprint density at radius 3 is 2.45 bits per heavy atom. The van der Waals surface area contributed by atoms with E-state index in [-0.39, 0.29) is 29.5 Å². The van der Waals surface area contributed by atoms with Crippen LogP contribution in [0.2, 0.25) is 0 Å². The maximum absolute atomic E-state index is 6.02. The molecule has 0 atom stereocenters. The largest absolute Gasteiger partial charge is 0.381 e. The Bertz CT molecular complexity index is 310. The molecular formula is C14H29IN4O. The van der Waals surface area contributed by atoms with Gasteiger partial charge < -0.3 is 20.7 Å². The molecule has 0 aromatic rings. The number of ether oxygens (including phenoxy) is 1. The predicted octanol–water partition coefficient (Wildman–Crippen LogP) is 1.56. The molecule has 1 aliphatic heterocycles. The monoisotopic (exact) mass is 396 g/mol. The molecule has 2 fully saturated rings. The molecule has 0 bridgehead atoms. The Morgan fingerprint density at radius 2 is 1.90 bits per heavy atom. The molecule has 1 saturated heterocycles. The van der Waals surface area contributed by atoms with Crippen LogP contribution in [0.1, 0.15) is 38.5 Å². The first-order chi connectivity index (χ1) is 9.12. The molecule has 1 aliphatic carbocycles. The molecule has 0 spiro atoms. The van der Waals surface area contributed by atoms with Crippen LogP contribution >= 0.6 is 24.0 Å². The molecule has 6 heteroatoms. The fraction of sp³-hybridized carbons (Fsp3) is 0.929. The summed E-state index contributed by atoms with van der Waals surface area (Å²) in [6, 6.07) is 0.536. The van der Waals surface area contributed by atoms with Crippen LogP contribution in [0.5, 0.6) is 0 Å². The van der Waals surface area contributed by atoms with Crippen molar-refractivity contribution in [1.82, 2.24) is 10.2 Å². The number of hydrogen-bond donors (Lipinski definition) is 2. The number of hydrogen-bond acceptors (Lipinski definition) is 3. The number of nitrogens with one attached hydrogen (secondary N) is 1. The van der Waals surface area contributed by atoms with Crippen LogP contribution in [0.15, 0.2) is 4.99 Å². The van der Waals surface area contributed by atoms with Crippen LogP contribution in [0, 0.1) is 0 Å². The molecule has 0 radical (unpaired) electrons. The smallest absolute Gasteiger partial charge is 0.188 e. The molecular weight excluding hydrogens is 367 g/mol. The predicted molar refractivity (Wildman–Crippen MR) is 93.8 cm³/mol. The molecule has 20 heavy (non-hydrogen) atoms. The van der Waals surface area contributed by atoms with Gasteiger partial charge in [-0.05, 0) is 39.8 Å². The van der Waals surface area contributed by atoms with Gasteiger partial charge in [0.05, 0.1) is 6.54 Å². The minimum atomic E-state index is 0. The Hall–Kier alpha value is -0.0800. The standard InChI is InChI=1S/C14H28N4O.HI/c1-18(2)14(7-9-19-10-8-14)11-16-13(15)17-12-5-3-4-6-12;/h12H,3-11H2,1-2H3,(H3,15,16,17);1H. The maximum atomic E-state index is 6.02. The van der Waals surface area contributed by atoms with E-state index in [9.17, 15) is 0 Å². The van der Waals surface area contributed by atoms with Gasteiger partial charge in [0, 0.05) is 24.8 Å². The van der Waals surface area contributed by atoms with E-state index in [1.165, 1.54) is 25.7 Å². The highest BCUT2D eigenvalue weighted by Crippen LogP contribution is 2.26. The minimum absolute atomic E-state index is 0. The first-order valence-corrected chi connectivity index (χ1v) is 7.44. The Kier molecular flexibility index (Phi) is 7.53. The number of halogens is 1. The van der Waals surface area contributed by atoms with Gasteiger partial charge in [-0.3, -0.25) is 4.99 Å². The normalized spacial score (nSPS) is 23.6. The number of guanidine groups is 1. The Labute approximate surface area is 139 Å². The molecule has 2 aliphatic rings. The molecule has 0 aromatic heterocycles. The van der Waals surface area contributed by atoms with Gasteiger partial charge in [-0.15, -0.1) is 24.0 Å². The van der Waals surface area contributed by atoms with Crippen LogP contribution in [-0.4, -0.2) is 56.3 Å². The number of likely N-dealkylation sites (N-methyl/N-ethyl adjacent to an activating group) is 1. The van der Waals surface area contributed by atoms with Gasteiger partial charge in [-0.1, -0.05) is 12.8 Å². The third kappa shape index (κ3) is 4.73. The summed E-state index contributed by atoms with van der Waals surface area (Å²) >= 11 is 0. The van der Waals surface area contributed by atoms with Crippen LogP contribution in [0.4, 0.5) is 0 Å². The summed E-state index contributed by atoms with van der Waals surface area (Å²) in [5.74, 6) is 0.611. The van der Waals surface area contributed by atoms with Crippen molar-refractivity contribution in [2.45, 2.75) is 50.1 Å². The third-order valence-electron chi connectivity index (χ3n) is 4.62. The van der Waals surface area contributed by atoms with Crippen molar-refractivity contribution < 1.29 is 4.74 Å². The molecule has 5 nitrogen and oxygen atoms in total. The lowest BCUT2D eigenvalue weighted by molar-refractivity contribution is -0.00253. The van der Waals surface area contributed by atoms with Gasteiger partial charge >= 0.3 is 0 Å². The van der Waals surface area contributed by atoms with E-state index in [4.69, 9.17) is 10.5 Å². The lowest BCUT2D eigenvalue weighted by Crippen LogP contribution is -2.51. The molecule has 1 saturated carbocycles. The number of rotatable bonds is 4. The first-order valence-electron chi connectivity index (χ1n) is 7.44. The maximum Gasteiger partial charge on any atom is 0.188 e. The first kappa shape index (κ1) is 18.0. The van der Waals surface area contributed by atoms with Crippen molar-refractivity contribution in [3.63, 3.8) is 0 Å². The van der Waals surface area contributed by atoms with Crippen molar-refractivity contribution in [1.29, 1.82) is 0 Å². The highest BCUT2D eigenvalue weighted by Gasteiger charge is 2.34. The fourth-order valence-electron chi connectivity index (χ4n) is 3.06. The lowest BCUT2D eigenvalue weighted by Gasteiger charge is -2.41. The number of nitrogens with two attached hydrogens (primary N) is 1. The zero-order valence-electron chi connectivity index (χ0n) is 12.7. The van der Waals surface area contributed by atoms with Gasteiger partial charge in [-0.25, -0.2) is 0 Å². The van der Waals surface area contributed by atoms with E-state index in [2.05, 4.69) is 29.3 Å². The van der Waals surface area contributed by atoms with Crippen molar-refractivity contribution in [3.8, 4) is 0 Å². The zero-order valence-corrected chi connectivity index (χ0v) is 15.1. The summed E-state index contributed by atoms with van der Waals surface area (Å²) < 4.78 is 5.47. The van der Waals surface area contributed by atoms with Gasteiger partial charge in [-0.2, -0.15) is 0 Å². The van der Waals surface area contributed by atoms with E-state index in [0.29, 0.717) is 12.0 Å². The van der Waals surface area contributed by atoms with E-state index in [0.717, 1.165) is 32.6 Å². The average molecular weight is 396 g/mol. The van der Waals surface area contributed by atoms with Gasteiger partial charge in [0.15, 0.2) is 5.96 Å². The van der Waals surface area contributed by atoms with Gasteiger partial charge in [0.25, 0.3) is 0 Å². The Morgan fingerprint density at radius 1 is 1.30 bits per heavy atom. The summed E-state index contributed by atoms with van der Waals surface area (Å²) in [7, 11) is 4.25. The molecule has 0 unspecified atom stereocenters. The van der Waals surface area contributed by atoms with E-state index in [1.807, 2.05) is 0 Å². The second-order valence-corrected chi connectivity index (χ2v) is 6.06. The molecule has 118 valence electrons. The number of aliphatic imine (C=N–C) groups is 1. The lowest BCUT2D eigenvalue weighted by atomic mass is 9.89. The van der Waals surface area contributed by atoms with E-state index in [1.54, 1.807) is 0 Å². The second kappa shape index (κ2) is 8.38. The summed E-state index contributed by atoms with van der Waals surface area (Å²) in [5.41, 5.74) is 6.13. The van der Waals surface area contributed by atoms with Crippen molar-refractivity contribution in [2.24, 2.45) is 10.7 Å². The molecule has 0 aromatic carbocycles. The molecule has 3 N–H and O–H groups in total. The van der Waals surface area contributed by atoms with Crippen molar-refractivity contribution >= 4 is 29.9 Å². The summed E-state index contributed by atoms with van der Waals surface area (Å²) in [4.78, 5) is 6.87. The van der Waals surface area contributed by atoms with E-state index < -0.39 is 0 Å². The van der Waals surface area contributed by atoms with Crippen LogP contribution in [0.3, 0.4) is 0 Å². The van der Waals surface area contributed by atoms with Crippen molar-refractivity contribution in [3.05, 3.63) is 0 Å². The third-order valence-corrected chi connectivity index (χ3v) is 4.62. The fourth-order valence-corrected chi connectivity index (χ4v) is 3.06. The SMILES string of the molecule is CN(C)C1(CN=C(N)NC2CCCC2)CCOCC1.I. The summed E-state index contributed by atoms with van der Waals surface area (Å²) in [5, 5.41) is 3.35. The van der Waals surface area contributed by atoms with Crippen LogP contribution in [-0.2, 0) is 4.74 Å². The second-order valence-electron chi connectivity index (χ2n) is 6.06.